The molecule has 0 aromatic carbocycles. The van der Waals surface area contributed by atoms with Crippen molar-refractivity contribution in [1.29, 1.82) is 0 Å². The summed E-state index contributed by atoms with van der Waals surface area (Å²) in [5.74, 6) is -3.78. The van der Waals surface area contributed by atoms with Gasteiger partial charge >= 0.3 is 17.9 Å². The van der Waals surface area contributed by atoms with Crippen LogP contribution >= 0.6 is 0 Å². The van der Waals surface area contributed by atoms with Crippen molar-refractivity contribution in [2.24, 2.45) is 0 Å². The molecule has 1 amide bonds. The molecular weight excluding hydrogens is 476 g/mol. The fraction of sp³-hybridized carbons (Fsp3) is 0.679. The van der Waals surface area contributed by atoms with Crippen molar-refractivity contribution >= 4 is 23.8 Å². The van der Waals surface area contributed by atoms with Crippen LogP contribution in [-0.4, -0.2) is 44.7 Å². The molecule has 0 saturated carbocycles. The number of nitrogens with zero attached hydrogens (tertiary/aromatic N) is 1. The highest BCUT2D eigenvalue weighted by molar-refractivity contribution is 5.94. The summed E-state index contributed by atoms with van der Waals surface area (Å²) >= 11 is 0. The Morgan fingerprint density at radius 1 is 0.703 bits per heavy atom. The highest BCUT2D eigenvalue weighted by Gasteiger charge is 2.34. The zero-order chi connectivity index (χ0) is 27.5. The number of aliphatic carboxylic acids is 3. The Bertz CT molecular complexity index is 794. The summed E-state index contributed by atoms with van der Waals surface area (Å²) in [5, 5.41) is 30.2. The van der Waals surface area contributed by atoms with Crippen molar-refractivity contribution < 1.29 is 39.1 Å². The van der Waals surface area contributed by atoms with Crippen LogP contribution in [0.5, 0.6) is 0 Å². The fourth-order valence-electron chi connectivity index (χ4n) is 4.45. The Hall–Kier alpha value is -2.97. The minimum Gasteiger partial charge on any atom is -0.481 e. The Kier molecular flexibility index (Phi) is 15.9. The zero-order valence-corrected chi connectivity index (χ0v) is 22.3. The topological polar surface area (TPSA) is 145 Å². The van der Waals surface area contributed by atoms with Crippen LogP contribution in [0.2, 0.25) is 0 Å². The van der Waals surface area contributed by atoms with Gasteiger partial charge in [0.2, 0.25) is 0 Å². The van der Waals surface area contributed by atoms with Gasteiger partial charge in [-0.1, -0.05) is 58.3 Å². The molecule has 0 fully saturated rings. The molecule has 1 heterocycles. The first-order valence-corrected chi connectivity index (χ1v) is 13.6. The van der Waals surface area contributed by atoms with Crippen LogP contribution in [0.15, 0.2) is 24.5 Å². The van der Waals surface area contributed by atoms with Gasteiger partial charge in [0, 0.05) is 43.4 Å². The van der Waals surface area contributed by atoms with Gasteiger partial charge in [-0.15, -0.1) is 0 Å². The van der Waals surface area contributed by atoms with E-state index in [2.05, 4.69) is 12.2 Å². The molecule has 0 aliphatic rings. The SMILES string of the molecule is CCCCCCCCCCCC[n+]1ccc(C(=O)NC(CCC(=O)O)(CCC(=O)O)CCC(=O)O)cc1. The van der Waals surface area contributed by atoms with Crippen molar-refractivity contribution in [2.45, 2.75) is 122 Å². The summed E-state index contributed by atoms with van der Waals surface area (Å²) in [6.45, 7) is 3.07. The van der Waals surface area contributed by atoms with E-state index in [1.807, 2.05) is 17.0 Å². The van der Waals surface area contributed by atoms with E-state index >= 15 is 0 Å². The van der Waals surface area contributed by atoms with Crippen LogP contribution in [0, 0.1) is 0 Å². The van der Waals surface area contributed by atoms with E-state index in [4.69, 9.17) is 15.3 Å². The van der Waals surface area contributed by atoms with Gasteiger partial charge in [0.1, 0.15) is 6.54 Å². The van der Waals surface area contributed by atoms with E-state index in [-0.39, 0.29) is 38.5 Å². The fourth-order valence-corrected chi connectivity index (χ4v) is 4.45. The van der Waals surface area contributed by atoms with E-state index in [0.29, 0.717) is 5.56 Å². The normalized spacial score (nSPS) is 11.3. The molecule has 0 atom stereocenters. The predicted molar refractivity (Wildman–Crippen MR) is 139 cm³/mol. The second-order valence-electron chi connectivity index (χ2n) is 9.92. The van der Waals surface area contributed by atoms with E-state index in [1.54, 1.807) is 12.1 Å². The molecule has 4 N–H and O–H groups in total. The molecule has 0 unspecified atom stereocenters. The average Bonchev–Trinajstić information content (AvgIpc) is 2.86. The van der Waals surface area contributed by atoms with Gasteiger partial charge in [0.15, 0.2) is 12.4 Å². The van der Waals surface area contributed by atoms with Gasteiger partial charge in [-0.2, -0.15) is 0 Å². The lowest BCUT2D eigenvalue weighted by Gasteiger charge is -2.34. The van der Waals surface area contributed by atoms with Crippen LogP contribution in [0.25, 0.3) is 0 Å². The third-order valence-corrected chi connectivity index (χ3v) is 6.75. The van der Waals surface area contributed by atoms with Crippen LogP contribution in [0.3, 0.4) is 0 Å². The molecular formula is C28H45N2O7+. The minimum atomic E-state index is -1.24. The van der Waals surface area contributed by atoms with Crippen molar-refractivity contribution in [3.63, 3.8) is 0 Å². The maximum Gasteiger partial charge on any atom is 0.303 e. The number of amides is 1. The largest absolute Gasteiger partial charge is 0.481 e. The molecule has 1 rings (SSSR count). The summed E-state index contributed by atoms with van der Waals surface area (Å²) in [5.41, 5.74) is -0.890. The number of carbonyl (C=O) groups excluding carboxylic acids is 1. The summed E-state index contributed by atoms with van der Waals surface area (Å²) < 4.78 is 2.01. The van der Waals surface area contributed by atoms with Crippen molar-refractivity contribution in [1.82, 2.24) is 5.32 Å². The number of unbranched alkanes of at least 4 members (excludes halogenated alkanes) is 9. The molecule has 0 aliphatic carbocycles. The molecule has 9 heteroatoms. The lowest BCUT2D eigenvalue weighted by atomic mass is 9.83. The molecule has 0 bridgehead atoms. The first-order chi connectivity index (χ1) is 17.7. The van der Waals surface area contributed by atoms with Crippen molar-refractivity contribution in [3.05, 3.63) is 30.1 Å². The molecule has 0 aliphatic heterocycles. The molecule has 0 radical (unpaired) electrons. The van der Waals surface area contributed by atoms with Crippen LogP contribution in [-0.2, 0) is 20.9 Å². The van der Waals surface area contributed by atoms with E-state index < -0.39 is 29.4 Å². The minimum absolute atomic E-state index is 0.0554. The molecule has 9 nitrogen and oxygen atoms in total. The smallest absolute Gasteiger partial charge is 0.303 e. The number of aryl methyl sites for hydroxylation is 1. The van der Waals surface area contributed by atoms with E-state index in [0.717, 1.165) is 19.4 Å². The van der Waals surface area contributed by atoms with E-state index in [1.165, 1.54) is 51.4 Å². The number of carboxylic acid groups (broad SMARTS) is 3. The zero-order valence-electron chi connectivity index (χ0n) is 22.3. The number of aromatic nitrogens is 1. The molecule has 1 aromatic rings. The number of carbonyl (C=O) groups is 4. The van der Waals surface area contributed by atoms with Gasteiger partial charge in [-0.05, 0) is 25.7 Å². The van der Waals surface area contributed by atoms with Gasteiger partial charge in [-0.3, -0.25) is 19.2 Å². The third kappa shape index (κ3) is 15.0. The average molecular weight is 522 g/mol. The van der Waals surface area contributed by atoms with Crippen molar-refractivity contribution in [3.8, 4) is 0 Å². The maximum absolute atomic E-state index is 13.0. The predicted octanol–water partition coefficient (Wildman–Crippen LogP) is 4.96. The van der Waals surface area contributed by atoms with Crippen LogP contribution in [0.1, 0.15) is 120 Å². The maximum atomic E-state index is 13.0. The first-order valence-electron chi connectivity index (χ1n) is 13.6. The van der Waals surface area contributed by atoms with Crippen molar-refractivity contribution in [2.75, 3.05) is 0 Å². The lowest BCUT2D eigenvalue weighted by molar-refractivity contribution is -0.697. The summed E-state index contributed by atoms with van der Waals surface area (Å²) in [4.78, 5) is 46.5. The number of hydrogen-bond acceptors (Lipinski definition) is 4. The second-order valence-corrected chi connectivity index (χ2v) is 9.92. The lowest BCUT2D eigenvalue weighted by Crippen LogP contribution is -2.49. The number of nitrogens with one attached hydrogen (secondary N) is 1. The second kappa shape index (κ2) is 18.3. The number of hydrogen-bond donors (Lipinski definition) is 4. The Labute approximate surface area is 220 Å². The van der Waals surface area contributed by atoms with E-state index in [9.17, 15) is 19.2 Å². The standard InChI is InChI=1S/C28H44N2O7/c1-2-3-4-5-6-7-8-9-10-11-20-30-21-15-23(16-22-30)27(37)29-28(17-12-24(31)32,18-13-25(33)34)19-14-26(35)36/h15-16,21-22H,2-14,17-20H2,1H3,(H3-,29,31,32,33,34,35,36,37)/p+1. The van der Waals surface area contributed by atoms with Gasteiger partial charge in [0.25, 0.3) is 5.91 Å². The highest BCUT2D eigenvalue weighted by atomic mass is 16.4. The van der Waals surface area contributed by atoms with Gasteiger partial charge < -0.3 is 20.6 Å². The number of carboxylic acids is 3. The monoisotopic (exact) mass is 521 g/mol. The molecule has 0 saturated heterocycles. The van der Waals surface area contributed by atoms with Gasteiger partial charge in [-0.25, -0.2) is 4.57 Å². The molecule has 208 valence electrons. The Morgan fingerprint density at radius 3 is 1.51 bits per heavy atom. The third-order valence-electron chi connectivity index (χ3n) is 6.75. The summed E-state index contributed by atoms with van der Waals surface area (Å²) in [7, 11) is 0. The Balaban J connectivity index is 2.64. The summed E-state index contributed by atoms with van der Waals surface area (Å²) in [6.07, 6.45) is 15.1. The molecule has 37 heavy (non-hydrogen) atoms. The first kappa shape index (κ1) is 32.1. The molecule has 1 aromatic heterocycles. The van der Waals surface area contributed by atoms with Crippen LogP contribution in [0.4, 0.5) is 0 Å². The molecule has 0 spiro atoms. The number of pyridine rings is 1. The quantitative estimate of drug-likeness (QED) is 0.125. The van der Waals surface area contributed by atoms with Gasteiger partial charge in [0.05, 0.1) is 5.56 Å². The summed E-state index contributed by atoms with van der Waals surface area (Å²) in [6, 6.07) is 3.34. The number of rotatable bonds is 22. The Morgan fingerprint density at radius 2 is 1.11 bits per heavy atom. The highest BCUT2D eigenvalue weighted by Crippen LogP contribution is 2.26. The van der Waals surface area contributed by atoms with Crippen LogP contribution < -0.4 is 9.88 Å².